The van der Waals surface area contributed by atoms with Crippen LogP contribution in [0.25, 0.3) is 0 Å². The molecule has 1 aliphatic rings. The van der Waals surface area contributed by atoms with Crippen LogP contribution >= 0.6 is 15.9 Å². The maximum absolute atomic E-state index is 12.7. The lowest BCUT2D eigenvalue weighted by atomic mass is 10.1. The number of nitrogens with zero attached hydrogens (tertiary/aromatic N) is 1. The molecule has 1 heterocycles. The molecule has 1 N–H and O–H groups in total. The zero-order chi connectivity index (χ0) is 16.4. The Labute approximate surface area is 143 Å². The van der Waals surface area contributed by atoms with Gasteiger partial charge in [0.05, 0.1) is 0 Å². The molecule has 0 aromatic heterocycles. The highest BCUT2D eigenvalue weighted by Crippen LogP contribution is 2.28. The Morgan fingerprint density at radius 2 is 1.96 bits per heavy atom. The number of anilines is 2. The average Bonchev–Trinajstić information content (AvgIpc) is 2.92. The second-order valence-corrected chi connectivity index (χ2v) is 6.52. The van der Waals surface area contributed by atoms with Gasteiger partial charge < -0.3 is 5.32 Å². The third-order valence-electron chi connectivity index (χ3n) is 4.00. The summed E-state index contributed by atoms with van der Waals surface area (Å²) in [4.78, 5) is 26.5. The molecule has 5 heteroatoms. The summed E-state index contributed by atoms with van der Waals surface area (Å²) in [6.45, 7) is 1.94. The predicted molar refractivity (Wildman–Crippen MR) is 94.5 cm³/mol. The van der Waals surface area contributed by atoms with Crippen LogP contribution in [0.3, 0.4) is 0 Å². The molecule has 0 saturated carbocycles. The molecule has 0 aliphatic carbocycles. The molecule has 118 valence electrons. The zero-order valence-electron chi connectivity index (χ0n) is 12.8. The number of halogens is 1. The second-order valence-electron chi connectivity index (χ2n) is 5.60. The fourth-order valence-corrected chi connectivity index (χ4v) is 3.30. The Bertz CT molecular complexity index is 746. The predicted octanol–water partition coefficient (Wildman–Crippen LogP) is 3.89. The molecule has 1 saturated heterocycles. The van der Waals surface area contributed by atoms with Crippen molar-refractivity contribution < 1.29 is 9.59 Å². The van der Waals surface area contributed by atoms with Crippen molar-refractivity contribution in [1.82, 2.24) is 0 Å². The van der Waals surface area contributed by atoms with Gasteiger partial charge in [-0.1, -0.05) is 34.1 Å². The third-order valence-corrected chi connectivity index (χ3v) is 4.49. The highest BCUT2D eigenvalue weighted by Gasteiger charge is 2.37. The van der Waals surface area contributed by atoms with Gasteiger partial charge in [0.2, 0.25) is 11.8 Å². The summed E-state index contributed by atoms with van der Waals surface area (Å²) in [6.07, 6.45) is 0.932. The normalized spacial score (nSPS) is 17.4. The number of hydrogen-bond donors (Lipinski definition) is 1. The number of nitrogens with one attached hydrogen (secondary N) is 1. The van der Waals surface area contributed by atoms with Gasteiger partial charge in [-0.05, 0) is 49.2 Å². The van der Waals surface area contributed by atoms with E-state index in [1.807, 2.05) is 55.5 Å². The van der Waals surface area contributed by atoms with Gasteiger partial charge in [-0.25, -0.2) is 0 Å². The monoisotopic (exact) mass is 372 g/mol. The molecule has 0 bridgehead atoms. The van der Waals surface area contributed by atoms with E-state index < -0.39 is 6.04 Å². The fourth-order valence-electron chi connectivity index (χ4n) is 2.83. The van der Waals surface area contributed by atoms with Crippen LogP contribution in [0, 0.1) is 6.92 Å². The largest absolute Gasteiger partial charge is 0.324 e. The Hall–Kier alpha value is -2.14. The van der Waals surface area contributed by atoms with Gasteiger partial charge >= 0.3 is 0 Å². The third kappa shape index (κ3) is 3.29. The van der Waals surface area contributed by atoms with Gasteiger partial charge in [-0.15, -0.1) is 0 Å². The molecule has 23 heavy (non-hydrogen) atoms. The fraction of sp³-hybridized carbons (Fsp3) is 0.222. The van der Waals surface area contributed by atoms with E-state index in [0.29, 0.717) is 12.8 Å². The summed E-state index contributed by atoms with van der Waals surface area (Å²) < 4.78 is 0.968. The number of rotatable bonds is 3. The molecule has 0 spiro atoms. The molecule has 3 rings (SSSR count). The first kappa shape index (κ1) is 15.7. The molecule has 2 aromatic rings. The quantitative estimate of drug-likeness (QED) is 0.888. The first-order valence-corrected chi connectivity index (χ1v) is 8.29. The van der Waals surface area contributed by atoms with E-state index in [4.69, 9.17) is 0 Å². The van der Waals surface area contributed by atoms with Crippen LogP contribution in [-0.4, -0.2) is 17.9 Å². The van der Waals surface area contributed by atoms with Crippen molar-refractivity contribution in [2.75, 3.05) is 10.2 Å². The maximum Gasteiger partial charge on any atom is 0.247 e. The highest BCUT2D eigenvalue weighted by molar-refractivity contribution is 9.10. The first-order chi connectivity index (χ1) is 11.1. The summed E-state index contributed by atoms with van der Waals surface area (Å²) in [7, 11) is 0. The number of carbonyl (C=O) groups excluding carboxylic acids is 2. The topological polar surface area (TPSA) is 49.4 Å². The summed E-state index contributed by atoms with van der Waals surface area (Å²) >= 11 is 3.41. The summed E-state index contributed by atoms with van der Waals surface area (Å²) in [5, 5.41) is 2.95. The molecular weight excluding hydrogens is 356 g/mol. The van der Waals surface area contributed by atoms with Crippen LogP contribution < -0.4 is 10.2 Å². The van der Waals surface area contributed by atoms with Crippen molar-refractivity contribution in [3.8, 4) is 0 Å². The zero-order valence-corrected chi connectivity index (χ0v) is 14.3. The van der Waals surface area contributed by atoms with E-state index in [1.54, 1.807) is 4.90 Å². The molecule has 1 aliphatic heterocycles. The van der Waals surface area contributed by atoms with Crippen molar-refractivity contribution in [1.29, 1.82) is 0 Å². The van der Waals surface area contributed by atoms with E-state index in [1.165, 1.54) is 0 Å². The maximum atomic E-state index is 12.7. The van der Waals surface area contributed by atoms with Crippen molar-refractivity contribution in [2.45, 2.75) is 25.8 Å². The van der Waals surface area contributed by atoms with Crippen LogP contribution in [0.1, 0.15) is 18.4 Å². The van der Waals surface area contributed by atoms with Crippen LogP contribution in [0.15, 0.2) is 53.0 Å². The van der Waals surface area contributed by atoms with Gasteiger partial charge in [-0.2, -0.15) is 0 Å². The summed E-state index contributed by atoms with van der Waals surface area (Å²) in [6, 6.07) is 14.6. The molecule has 1 atom stereocenters. The van der Waals surface area contributed by atoms with E-state index in [0.717, 1.165) is 21.4 Å². The Balaban J connectivity index is 1.82. The van der Waals surface area contributed by atoms with Crippen LogP contribution in [0.4, 0.5) is 11.4 Å². The summed E-state index contributed by atoms with van der Waals surface area (Å²) in [5.74, 6) is -0.158. The molecule has 0 radical (unpaired) electrons. The lowest BCUT2D eigenvalue weighted by Gasteiger charge is -2.24. The van der Waals surface area contributed by atoms with E-state index in [9.17, 15) is 9.59 Å². The second kappa shape index (κ2) is 6.54. The van der Waals surface area contributed by atoms with Gasteiger partial charge in [-0.3, -0.25) is 14.5 Å². The van der Waals surface area contributed by atoms with Crippen molar-refractivity contribution in [3.63, 3.8) is 0 Å². The Kier molecular flexibility index (Phi) is 4.48. The number of carbonyl (C=O) groups is 2. The van der Waals surface area contributed by atoms with Gasteiger partial charge in [0.1, 0.15) is 6.04 Å². The SMILES string of the molecule is Cc1cc(Br)ccc1NC(=O)C1CCC(=O)N1c1ccccc1. The molecule has 2 aromatic carbocycles. The Morgan fingerprint density at radius 3 is 2.65 bits per heavy atom. The van der Waals surface area contributed by atoms with E-state index in [2.05, 4.69) is 21.2 Å². The molecular formula is C18H17BrN2O2. The number of amides is 2. The number of aryl methyl sites for hydroxylation is 1. The molecule has 1 unspecified atom stereocenters. The molecule has 2 amide bonds. The number of para-hydroxylation sites is 1. The smallest absolute Gasteiger partial charge is 0.247 e. The lowest BCUT2D eigenvalue weighted by Crippen LogP contribution is -2.41. The average molecular weight is 373 g/mol. The van der Waals surface area contributed by atoms with Crippen LogP contribution in [-0.2, 0) is 9.59 Å². The highest BCUT2D eigenvalue weighted by atomic mass is 79.9. The minimum absolute atomic E-state index is 0.0103. The molecule has 4 nitrogen and oxygen atoms in total. The van der Waals surface area contributed by atoms with Crippen LogP contribution in [0.5, 0.6) is 0 Å². The van der Waals surface area contributed by atoms with Gasteiger partial charge in [0.25, 0.3) is 0 Å². The van der Waals surface area contributed by atoms with Crippen LogP contribution in [0.2, 0.25) is 0 Å². The first-order valence-electron chi connectivity index (χ1n) is 7.50. The summed E-state index contributed by atoms with van der Waals surface area (Å²) in [5.41, 5.74) is 2.51. The minimum atomic E-state index is -0.465. The number of hydrogen-bond acceptors (Lipinski definition) is 2. The van der Waals surface area contributed by atoms with Crippen molar-refractivity contribution in [3.05, 3.63) is 58.6 Å². The van der Waals surface area contributed by atoms with E-state index >= 15 is 0 Å². The lowest BCUT2D eigenvalue weighted by molar-refractivity contribution is -0.120. The van der Waals surface area contributed by atoms with Crippen molar-refractivity contribution in [2.24, 2.45) is 0 Å². The van der Waals surface area contributed by atoms with Gasteiger partial charge in [0.15, 0.2) is 0 Å². The minimum Gasteiger partial charge on any atom is -0.324 e. The Morgan fingerprint density at radius 1 is 1.22 bits per heavy atom. The number of benzene rings is 2. The van der Waals surface area contributed by atoms with Gasteiger partial charge in [0, 0.05) is 22.3 Å². The van der Waals surface area contributed by atoms with Crippen molar-refractivity contribution >= 4 is 39.1 Å². The standard InChI is InChI=1S/C18H17BrN2O2/c1-12-11-13(19)7-8-15(12)20-18(23)16-9-10-17(22)21(16)14-5-3-2-4-6-14/h2-8,11,16H,9-10H2,1H3,(H,20,23). The molecule has 1 fully saturated rings. The van der Waals surface area contributed by atoms with E-state index in [-0.39, 0.29) is 11.8 Å².